The number of piperidine rings is 2. The molecule has 2 heterocycles. The van der Waals surface area contributed by atoms with Crippen molar-refractivity contribution < 1.29 is 55.9 Å². The highest BCUT2D eigenvalue weighted by Crippen LogP contribution is 2.12. The Morgan fingerprint density at radius 1 is 0.607 bits per heavy atom. The molecule has 0 aromatic rings. The van der Waals surface area contributed by atoms with E-state index in [0.717, 1.165) is 0 Å². The minimum Gasteiger partial charge on any atom is -0.542 e. The number of alkyl halides is 6. The molecule has 168 valence electrons. The zero-order valence-corrected chi connectivity index (χ0v) is 16.0. The van der Waals surface area contributed by atoms with Crippen LogP contribution < -0.4 is 20.0 Å². The zero-order valence-electron chi connectivity index (χ0n) is 16.0. The number of rotatable bonds is 0. The summed E-state index contributed by atoms with van der Waals surface area (Å²) in [6, 6.07) is 0. The number of aliphatic carboxylic acids is 2. The molecule has 0 aromatic carbocycles. The zero-order chi connectivity index (χ0) is 22.4. The number of carbonyl (C=O) groups excluding carboxylic acids is 2. The fourth-order valence-corrected chi connectivity index (χ4v) is 2.31. The quantitative estimate of drug-likeness (QED) is 0.438. The average molecular weight is 426 g/mol. The Morgan fingerprint density at radius 2 is 0.786 bits per heavy atom. The minimum atomic E-state index is -5.19. The fourth-order valence-electron chi connectivity index (χ4n) is 2.31. The monoisotopic (exact) mass is 426 g/mol. The van der Waals surface area contributed by atoms with Crippen LogP contribution in [0.3, 0.4) is 0 Å². The third kappa shape index (κ3) is 19.2. The molecule has 6 nitrogen and oxygen atoms in total. The standard InChI is InChI=1S/2C6H13N.2C2HF3O2/c2*1-7-5-3-2-4-6-7;2*3-2(4,5)1(6)7/h2*2-6H2,1H3;2*(H,6,7). The Hall–Kier alpha value is -1.56. The van der Waals surface area contributed by atoms with Crippen molar-refractivity contribution in [2.24, 2.45) is 0 Å². The molecule has 0 atom stereocenters. The predicted octanol–water partition coefficient (Wildman–Crippen LogP) is -2.03. The molecule has 0 bridgehead atoms. The highest BCUT2D eigenvalue weighted by Gasteiger charge is 2.29. The molecule has 0 aromatic heterocycles. The number of carboxylic acids is 2. The molecule has 0 saturated carbocycles. The summed E-state index contributed by atoms with van der Waals surface area (Å²) in [6.07, 6.45) is -1.65. The number of nitrogens with one attached hydrogen (secondary N) is 2. The Morgan fingerprint density at radius 3 is 0.857 bits per heavy atom. The van der Waals surface area contributed by atoms with Crippen LogP contribution in [0.1, 0.15) is 38.5 Å². The van der Waals surface area contributed by atoms with Crippen LogP contribution >= 0.6 is 0 Å². The van der Waals surface area contributed by atoms with Crippen molar-refractivity contribution in [3.8, 4) is 0 Å². The second kappa shape index (κ2) is 14.4. The summed E-state index contributed by atoms with van der Waals surface area (Å²) in [5.74, 6) is -6.01. The van der Waals surface area contributed by atoms with Gasteiger partial charge in [-0.2, -0.15) is 26.3 Å². The van der Waals surface area contributed by atoms with E-state index in [0.29, 0.717) is 0 Å². The summed E-state index contributed by atoms with van der Waals surface area (Å²) in [4.78, 5) is 21.0. The molecule has 2 fully saturated rings. The van der Waals surface area contributed by atoms with Crippen molar-refractivity contribution in [3.05, 3.63) is 0 Å². The topological polar surface area (TPSA) is 89.1 Å². The van der Waals surface area contributed by atoms with E-state index in [4.69, 9.17) is 19.8 Å². The number of hydrogen-bond donors (Lipinski definition) is 2. The maximum absolute atomic E-state index is 10.5. The van der Waals surface area contributed by atoms with Crippen LogP contribution in [0.4, 0.5) is 26.3 Å². The van der Waals surface area contributed by atoms with Gasteiger partial charge in [-0.25, -0.2) is 0 Å². The van der Waals surface area contributed by atoms with Crippen molar-refractivity contribution >= 4 is 11.9 Å². The third-order valence-electron chi connectivity index (χ3n) is 3.88. The fraction of sp³-hybridized carbons (Fsp3) is 0.875. The van der Waals surface area contributed by atoms with Crippen molar-refractivity contribution in [1.29, 1.82) is 0 Å². The summed E-state index contributed by atoms with van der Waals surface area (Å²) in [6.45, 7) is 5.61. The lowest BCUT2D eigenvalue weighted by Crippen LogP contribution is -3.09. The molecule has 0 aliphatic carbocycles. The molecule has 2 aliphatic rings. The minimum absolute atomic E-state index is 1.40. The molecule has 28 heavy (non-hydrogen) atoms. The number of quaternary nitrogens is 2. The van der Waals surface area contributed by atoms with Gasteiger partial charge in [-0.1, -0.05) is 0 Å². The van der Waals surface area contributed by atoms with Crippen molar-refractivity contribution in [2.45, 2.75) is 50.9 Å². The van der Waals surface area contributed by atoms with E-state index in [1.54, 1.807) is 9.80 Å². The van der Waals surface area contributed by atoms with Crippen molar-refractivity contribution in [2.75, 3.05) is 40.3 Å². The second-order valence-corrected chi connectivity index (χ2v) is 6.61. The van der Waals surface area contributed by atoms with Gasteiger partial charge in [0, 0.05) is 0 Å². The summed E-state index contributed by atoms with van der Waals surface area (Å²) in [5, 5.41) is 17.6. The Balaban J connectivity index is 0. The largest absolute Gasteiger partial charge is 0.542 e. The maximum atomic E-state index is 10.5. The lowest BCUT2D eigenvalue weighted by atomic mass is 10.1. The summed E-state index contributed by atoms with van der Waals surface area (Å²) >= 11 is 0. The Labute approximate surface area is 160 Å². The summed E-state index contributed by atoms with van der Waals surface area (Å²) in [7, 11) is 4.55. The molecular formula is C16H28F6N2O4. The van der Waals surface area contributed by atoms with Crippen molar-refractivity contribution in [3.63, 3.8) is 0 Å². The first kappa shape index (κ1) is 28.6. The lowest BCUT2D eigenvalue weighted by molar-refractivity contribution is -0.884. The van der Waals surface area contributed by atoms with Crippen LogP contribution in [-0.2, 0) is 9.59 Å². The number of halogens is 6. The first-order valence-electron chi connectivity index (χ1n) is 8.86. The van der Waals surface area contributed by atoms with Gasteiger partial charge in [-0.15, -0.1) is 0 Å². The van der Waals surface area contributed by atoms with Crippen LogP contribution in [0.25, 0.3) is 0 Å². The van der Waals surface area contributed by atoms with E-state index in [1.165, 1.54) is 64.7 Å². The van der Waals surface area contributed by atoms with Gasteiger partial charge >= 0.3 is 12.4 Å². The summed E-state index contributed by atoms with van der Waals surface area (Å²) in [5.41, 5.74) is 0. The molecular weight excluding hydrogens is 398 g/mol. The van der Waals surface area contributed by atoms with Crippen molar-refractivity contribution in [1.82, 2.24) is 0 Å². The molecule has 2 rings (SSSR count). The van der Waals surface area contributed by atoms with E-state index in [1.807, 2.05) is 0 Å². The normalized spacial score (nSPS) is 18.3. The molecule has 2 aliphatic heterocycles. The summed E-state index contributed by atoms with van der Waals surface area (Å²) < 4.78 is 63.1. The third-order valence-corrected chi connectivity index (χ3v) is 3.88. The van der Waals surface area contributed by atoms with E-state index in [9.17, 15) is 26.3 Å². The van der Waals surface area contributed by atoms with Crippen LogP contribution in [0.2, 0.25) is 0 Å². The number of carbonyl (C=O) groups is 2. The van der Waals surface area contributed by atoms with Gasteiger partial charge in [0.1, 0.15) is 11.9 Å². The van der Waals surface area contributed by atoms with Gasteiger partial charge in [0.25, 0.3) is 0 Å². The van der Waals surface area contributed by atoms with Gasteiger partial charge < -0.3 is 29.6 Å². The highest BCUT2D eigenvalue weighted by molar-refractivity contribution is 5.71. The van der Waals surface area contributed by atoms with Crippen LogP contribution in [0.15, 0.2) is 0 Å². The van der Waals surface area contributed by atoms with E-state index in [-0.39, 0.29) is 0 Å². The number of likely N-dealkylation sites (tertiary alicyclic amines) is 2. The van der Waals surface area contributed by atoms with E-state index in [2.05, 4.69) is 14.1 Å². The smallest absolute Gasteiger partial charge is 0.430 e. The molecule has 2 N–H and O–H groups in total. The molecule has 0 radical (unpaired) electrons. The Bertz CT molecular complexity index is 392. The second-order valence-electron chi connectivity index (χ2n) is 6.61. The van der Waals surface area contributed by atoms with Gasteiger partial charge in [0.2, 0.25) is 0 Å². The Kier molecular flexibility index (Phi) is 14.8. The SMILES string of the molecule is C[NH+]1CCCCC1.C[NH+]1CCCCC1.O=C([O-])C(F)(F)F.O=C([O-])C(F)(F)F. The van der Waals surface area contributed by atoms with Gasteiger partial charge in [0.05, 0.1) is 40.3 Å². The van der Waals surface area contributed by atoms with Crippen LogP contribution in [0.5, 0.6) is 0 Å². The molecule has 0 spiro atoms. The maximum Gasteiger partial charge on any atom is 0.430 e. The highest BCUT2D eigenvalue weighted by atomic mass is 19.4. The molecule has 2 saturated heterocycles. The van der Waals surface area contributed by atoms with Crippen LogP contribution in [0, 0.1) is 0 Å². The predicted molar refractivity (Wildman–Crippen MR) is 83.1 cm³/mol. The van der Waals surface area contributed by atoms with Gasteiger partial charge in [-0.05, 0) is 38.5 Å². The first-order chi connectivity index (χ1) is 12.7. The molecule has 0 unspecified atom stereocenters. The molecule has 0 amide bonds. The lowest BCUT2D eigenvalue weighted by Gasteiger charge is -2.17. The average Bonchev–Trinajstić information content (AvgIpc) is 2.56. The van der Waals surface area contributed by atoms with E-state index >= 15 is 0 Å². The molecule has 12 heteroatoms. The number of carboxylic acid groups (broad SMARTS) is 2. The van der Waals surface area contributed by atoms with E-state index < -0.39 is 24.3 Å². The van der Waals surface area contributed by atoms with Crippen LogP contribution in [-0.4, -0.2) is 64.6 Å². The number of hydrogen-bond acceptors (Lipinski definition) is 4. The van der Waals surface area contributed by atoms with Gasteiger partial charge in [-0.3, -0.25) is 0 Å². The van der Waals surface area contributed by atoms with Gasteiger partial charge in [0.15, 0.2) is 0 Å². The first-order valence-corrected chi connectivity index (χ1v) is 8.86.